The number of benzene rings is 1. The van der Waals surface area contributed by atoms with Crippen LogP contribution >= 0.6 is 11.8 Å². The molecular weight excluding hydrogens is 382 g/mol. The summed E-state index contributed by atoms with van der Waals surface area (Å²) in [7, 11) is 1.66. The average Bonchev–Trinajstić information content (AvgIpc) is 3.35. The SMILES string of the molecule is CCCCC1CCC(C(=O)Nc2c3c(nn2-c2ccc(OC)cc2)CSC3)CC1. The van der Waals surface area contributed by atoms with Crippen molar-refractivity contribution < 1.29 is 9.53 Å². The molecule has 0 atom stereocenters. The van der Waals surface area contributed by atoms with E-state index in [0.29, 0.717) is 0 Å². The van der Waals surface area contributed by atoms with E-state index >= 15 is 0 Å². The van der Waals surface area contributed by atoms with Crippen LogP contribution in [-0.2, 0) is 16.3 Å². The average molecular weight is 414 g/mol. The molecule has 1 fully saturated rings. The number of fused-ring (bicyclic) bond motifs is 1. The molecule has 1 saturated carbocycles. The molecule has 5 nitrogen and oxygen atoms in total. The van der Waals surface area contributed by atoms with Crippen molar-refractivity contribution in [3.8, 4) is 11.4 Å². The maximum Gasteiger partial charge on any atom is 0.228 e. The lowest BCUT2D eigenvalue weighted by Gasteiger charge is -2.27. The van der Waals surface area contributed by atoms with Crippen LogP contribution in [0.3, 0.4) is 0 Å². The van der Waals surface area contributed by atoms with Crippen molar-refractivity contribution in [3.05, 3.63) is 35.5 Å². The summed E-state index contributed by atoms with van der Waals surface area (Å²) in [4.78, 5) is 13.1. The fourth-order valence-electron chi connectivity index (χ4n) is 4.48. The number of methoxy groups -OCH3 is 1. The Kier molecular flexibility index (Phi) is 6.48. The summed E-state index contributed by atoms with van der Waals surface area (Å²) in [6.07, 6.45) is 8.28. The summed E-state index contributed by atoms with van der Waals surface area (Å²) in [5, 5.41) is 8.06. The lowest BCUT2D eigenvalue weighted by Crippen LogP contribution is -2.28. The van der Waals surface area contributed by atoms with Crippen molar-refractivity contribution in [3.63, 3.8) is 0 Å². The van der Waals surface area contributed by atoms with Crippen molar-refractivity contribution in [2.75, 3.05) is 12.4 Å². The van der Waals surface area contributed by atoms with Gasteiger partial charge in [-0.05, 0) is 55.9 Å². The van der Waals surface area contributed by atoms with Gasteiger partial charge in [-0.25, -0.2) is 4.68 Å². The molecule has 0 unspecified atom stereocenters. The van der Waals surface area contributed by atoms with Gasteiger partial charge in [-0.1, -0.05) is 26.2 Å². The van der Waals surface area contributed by atoms with Crippen molar-refractivity contribution in [1.29, 1.82) is 0 Å². The zero-order chi connectivity index (χ0) is 20.2. The summed E-state index contributed by atoms with van der Waals surface area (Å²) in [6.45, 7) is 2.25. The Labute approximate surface area is 177 Å². The minimum Gasteiger partial charge on any atom is -0.497 e. The van der Waals surface area contributed by atoms with Crippen LogP contribution in [0.15, 0.2) is 24.3 Å². The number of nitrogens with zero attached hydrogens (tertiary/aromatic N) is 2. The van der Waals surface area contributed by atoms with E-state index in [0.717, 1.165) is 53.2 Å². The zero-order valence-electron chi connectivity index (χ0n) is 17.4. The summed E-state index contributed by atoms with van der Waals surface area (Å²) in [6, 6.07) is 7.84. The fraction of sp³-hybridized carbons (Fsp3) is 0.565. The maximum atomic E-state index is 13.1. The predicted octanol–water partition coefficient (Wildman–Crippen LogP) is 5.56. The Balaban J connectivity index is 1.49. The zero-order valence-corrected chi connectivity index (χ0v) is 18.3. The molecule has 156 valence electrons. The van der Waals surface area contributed by atoms with Crippen LogP contribution in [0.2, 0.25) is 0 Å². The number of amides is 1. The van der Waals surface area contributed by atoms with Crippen molar-refractivity contribution >= 4 is 23.5 Å². The highest BCUT2D eigenvalue weighted by molar-refractivity contribution is 7.98. The van der Waals surface area contributed by atoms with Gasteiger partial charge in [0.25, 0.3) is 0 Å². The van der Waals surface area contributed by atoms with E-state index in [1.165, 1.54) is 37.7 Å². The second-order valence-corrected chi connectivity index (χ2v) is 9.21. The van der Waals surface area contributed by atoms with Gasteiger partial charge in [0.2, 0.25) is 5.91 Å². The van der Waals surface area contributed by atoms with Gasteiger partial charge < -0.3 is 10.1 Å². The Morgan fingerprint density at radius 1 is 1.21 bits per heavy atom. The van der Waals surface area contributed by atoms with Crippen molar-refractivity contribution in [2.45, 2.75) is 63.4 Å². The predicted molar refractivity (Wildman–Crippen MR) is 119 cm³/mol. The Morgan fingerprint density at radius 3 is 2.66 bits per heavy atom. The van der Waals surface area contributed by atoms with Gasteiger partial charge in [0.15, 0.2) is 0 Å². The molecule has 0 spiro atoms. The highest BCUT2D eigenvalue weighted by Gasteiger charge is 2.29. The lowest BCUT2D eigenvalue weighted by atomic mass is 9.79. The number of thioether (sulfide) groups is 1. The fourth-order valence-corrected chi connectivity index (χ4v) is 5.51. The van der Waals surface area contributed by atoms with Crippen molar-refractivity contribution in [1.82, 2.24) is 9.78 Å². The van der Waals surface area contributed by atoms with Gasteiger partial charge in [-0.3, -0.25) is 4.79 Å². The summed E-state index contributed by atoms with van der Waals surface area (Å²) >= 11 is 1.86. The smallest absolute Gasteiger partial charge is 0.228 e. The molecule has 2 heterocycles. The molecule has 2 aliphatic rings. The number of ether oxygens (including phenoxy) is 1. The van der Waals surface area contributed by atoms with E-state index in [1.807, 2.05) is 40.7 Å². The Bertz CT molecular complexity index is 839. The number of rotatable bonds is 7. The number of hydrogen-bond donors (Lipinski definition) is 1. The molecule has 0 radical (unpaired) electrons. The Morgan fingerprint density at radius 2 is 1.97 bits per heavy atom. The minimum atomic E-state index is 0.122. The Hall–Kier alpha value is -1.95. The highest BCUT2D eigenvalue weighted by atomic mass is 32.2. The molecule has 1 aromatic heterocycles. The molecule has 1 amide bonds. The third-order valence-corrected chi connectivity index (χ3v) is 7.26. The van der Waals surface area contributed by atoms with Crippen LogP contribution in [0.5, 0.6) is 5.75 Å². The van der Waals surface area contributed by atoms with Crippen molar-refractivity contribution in [2.24, 2.45) is 11.8 Å². The van der Waals surface area contributed by atoms with E-state index in [9.17, 15) is 4.79 Å². The first kappa shape index (κ1) is 20.3. The number of hydrogen-bond acceptors (Lipinski definition) is 4. The van der Waals surface area contributed by atoms with Crippen LogP contribution in [0.4, 0.5) is 5.82 Å². The molecular formula is C23H31N3O2S. The largest absolute Gasteiger partial charge is 0.497 e. The first-order valence-corrected chi connectivity index (χ1v) is 12.0. The molecule has 1 aromatic carbocycles. The van der Waals surface area contributed by atoms with Crippen LogP contribution in [-0.4, -0.2) is 22.8 Å². The van der Waals surface area contributed by atoms with Gasteiger partial charge in [-0.2, -0.15) is 16.9 Å². The number of carbonyl (C=O) groups excluding carboxylic acids is 1. The van der Waals surface area contributed by atoms with E-state index in [2.05, 4.69) is 12.2 Å². The third-order valence-electron chi connectivity index (χ3n) is 6.29. The normalized spacial score (nSPS) is 21.0. The van der Waals surface area contributed by atoms with Gasteiger partial charge in [-0.15, -0.1) is 0 Å². The molecule has 0 bridgehead atoms. The number of anilines is 1. The first-order chi connectivity index (χ1) is 14.2. The molecule has 1 aliphatic carbocycles. The third kappa shape index (κ3) is 4.47. The van der Waals surface area contributed by atoms with Gasteiger partial charge >= 0.3 is 0 Å². The van der Waals surface area contributed by atoms with Gasteiger partial charge in [0.05, 0.1) is 18.5 Å². The monoisotopic (exact) mass is 413 g/mol. The van der Waals surface area contributed by atoms with Gasteiger partial charge in [0.1, 0.15) is 11.6 Å². The molecule has 1 N–H and O–H groups in total. The summed E-state index contributed by atoms with van der Waals surface area (Å²) in [5.74, 6) is 4.58. The van der Waals surface area contributed by atoms with Gasteiger partial charge in [0, 0.05) is 23.0 Å². The quantitative estimate of drug-likeness (QED) is 0.645. The van der Waals surface area contributed by atoms with E-state index in [1.54, 1.807) is 7.11 Å². The number of carbonyl (C=O) groups is 1. The van der Waals surface area contributed by atoms with E-state index < -0.39 is 0 Å². The number of aromatic nitrogens is 2. The van der Waals surface area contributed by atoms with E-state index in [-0.39, 0.29) is 11.8 Å². The summed E-state index contributed by atoms with van der Waals surface area (Å²) in [5.41, 5.74) is 3.21. The van der Waals surface area contributed by atoms with E-state index in [4.69, 9.17) is 9.84 Å². The van der Waals surface area contributed by atoms with Crippen LogP contribution in [0, 0.1) is 11.8 Å². The molecule has 4 rings (SSSR count). The highest BCUT2D eigenvalue weighted by Crippen LogP contribution is 2.38. The van der Waals surface area contributed by atoms with Crippen LogP contribution in [0.25, 0.3) is 5.69 Å². The topological polar surface area (TPSA) is 56.2 Å². The first-order valence-electron chi connectivity index (χ1n) is 10.8. The minimum absolute atomic E-state index is 0.122. The summed E-state index contributed by atoms with van der Waals surface area (Å²) < 4.78 is 7.17. The molecule has 1 aliphatic heterocycles. The van der Waals surface area contributed by atoms with Crippen LogP contribution in [0.1, 0.15) is 63.1 Å². The molecule has 6 heteroatoms. The number of unbranched alkanes of at least 4 members (excludes halogenated alkanes) is 1. The second kappa shape index (κ2) is 9.24. The molecule has 29 heavy (non-hydrogen) atoms. The number of nitrogens with one attached hydrogen (secondary N) is 1. The second-order valence-electron chi connectivity index (χ2n) is 8.23. The maximum absolute atomic E-state index is 13.1. The molecule has 2 aromatic rings. The standard InChI is InChI=1S/C23H31N3O2S/c1-3-4-5-16-6-8-17(9-7-16)23(27)24-22-20-14-29-15-21(20)25-26(22)18-10-12-19(28-2)13-11-18/h10-13,16-17H,3-9,14-15H2,1-2H3,(H,24,27). The molecule has 0 saturated heterocycles. The lowest BCUT2D eigenvalue weighted by molar-refractivity contribution is -0.121. The van der Waals surface area contributed by atoms with Crippen LogP contribution < -0.4 is 10.1 Å².